The average Bonchev–Trinajstić information content (AvgIpc) is 3.26. The summed E-state index contributed by atoms with van der Waals surface area (Å²) in [5, 5.41) is 3.28. The van der Waals surface area contributed by atoms with Gasteiger partial charge in [-0.1, -0.05) is 0 Å². The van der Waals surface area contributed by atoms with E-state index in [-0.39, 0.29) is 29.7 Å². The normalized spacial score (nSPS) is 15.5. The molecule has 10 heteroatoms. The number of nitrogens with one attached hydrogen (secondary N) is 1. The summed E-state index contributed by atoms with van der Waals surface area (Å²) >= 11 is 5.30. The summed E-state index contributed by atoms with van der Waals surface area (Å²) in [5.74, 6) is 1.10. The number of amides is 1. The summed E-state index contributed by atoms with van der Waals surface area (Å²) in [6.07, 6.45) is 0. The number of nitrogens with two attached hydrogens (primary N) is 1. The van der Waals surface area contributed by atoms with Gasteiger partial charge in [-0.25, -0.2) is 0 Å². The molecule has 3 rings (SSSR count). The highest BCUT2D eigenvalue weighted by molar-refractivity contribution is 14.0. The van der Waals surface area contributed by atoms with Gasteiger partial charge in [-0.3, -0.25) is 14.7 Å². The van der Waals surface area contributed by atoms with Crippen LogP contribution in [0.15, 0.2) is 37.5 Å². The Morgan fingerprint density at radius 3 is 2.59 bits per heavy atom. The maximum Gasteiger partial charge on any atom is 0.284 e. The van der Waals surface area contributed by atoms with Crippen LogP contribution in [0.3, 0.4) is 0 Å². The summed E-state index contributed by atoms with van der Waals surface area (Å²) in [6, 6.07) is 7.60. The van der Waals surface area contributed by atoms with Crippen LogP contribution in [0.4, 0.5) is 0 Å². The largest absolute Gasteiger partial charge is 0.454 e. The Morgan fingerprint density at radius 2 is 2.04 bits per heavy atom. The zero-order valence-electron chi connectivity index (χ0n) is 15.0. The van der Waals surface area contributed by atoms with Gasteiger partial charge in [0, 0.05) is 44.6 Å². The summed E-state index contributed by atoms with van der Waals surface area (Å²) in [6.45, 7) is 5.25. The molecule has 1 aliphatic heterocycles. The molecular formula is C17H23BrIN5O2S. The molecule has 2 aromatic heterocycles. The molecular weight excluding hydrogens is 545 g/mol. The van der Waals surface area contributed by atoms with E-state index in [2.05, 4.69) is 48.2 Å². The first kappa shape index (κ1) is 22.2. The van der Waals surface area contributed by atoms with Crippen molar-refractivity contribution in [2.24, 2.45) is 10.7 Å². The number of aliphatic imine (C=N–C) groups is 1. The number of furan rings is 1. The van der Waals surface area contributed by atoms with Crippen molar-refractivity contribution in [3.63, 3.8) is 0 Å². The lowest BCUT2D eigenvalue weighted by molar-refractivity contribution is 0.0972. The zero-order valence-corrected chi connectivity index (χ0v) is 19.7. The number of hydrogen-bond donors (Lipinski definition) is 2. The third-order valence-electron chi connectivity index (χ3n) is 4.22. The Morgan fingerprint density at radius 1 is 1.30 bits per heavy atom. The molecule has 3 N–H and O–H groups in total. The van der Waals surface area contributed by atoms with E-state index in [4.69, 9.17) is 10.2 Å². The molecule has 27 heavy (non-hydrogen) atoms. The van der Waals surface area contributed by atoms with E-state index in [0.29, 0.717) is 12.3 Å². The van der Waals surface area contributed by atoms with Crippen molar-refractivity contribution in [2.45, 2.75) is 13.1 Å². The van der Waals surface area contributed by atoms with Crippen LogP contribution < -0.4 is 11.1 Å². The minimum atomic E-state index is -0.561. The van der Waals surface area contributed by atoms with Gasteiger partial charge in [-0.2, -0.15) is 0 Å². The van der Waals surface area contributed by atoms with E-state index < -0.39 is 5.91 Å². The molecule has 148 valence electrons. The van der Waals surface area contributed by atoms with Gasteiger partial charge in [-0.05, 0) is 40.2 Å². The van der Waals surface area contributed by atoms with Crippen LogP contribution in [0.25, 0.3) is 0 Å². The first-order chi connectivity index (χ1) is 12.5. The van der Waals surface area contributed by atoms with E-state index in [0.717, 1.165) is 38.7 Å². The predicted octanol–water partition coefficient (Wildman–Crippen LogP) is 2.71. The molecule has 0 atom stereocenters. The number of guanidine groups is 1. The van der Waals surface area contributed by atoms with E-state index in [9.17, 15) is 4.79 Å². The van der Waals surface area contributed by atoms with Crippen LogP contribution in [0.1, 0.15) is 21.2 Å². The Labute approximate surface area is 188 Å². The van der Waals surface area contributed by atoms with E-state index in [1.165, 1.54) is 8.66 Å². The van der Waals surface area contributed by atoms with Crippen LogP contribution in [0, 0.1) is 0 Å². The minimum Gasteiger partial charge on any atom is -0.454 e. The number of carbonyl (C=O) groups excluding carboxylic acids is 1. The fourth-order valence-electron chi connectivity index (χ4n) is 2.88. The fraction of sp³-hybridized carbons (Fsp3) is 0.412. The third kappa shape index (κ3) is 6.19. The molecule has 1 fully saturated rings. The minimum absolute atomic E-state index is 0. The van der Waals surface area contributed by atoms with Gasteiger partial charge >= 0.3 is 0 Å². The number of thiophene rings is 1. The molecule has 3 heterocycles. The quantitative estimate of drug-likeness (QED) is 0.329. The third-order valence-corrected chi connectivity index (χ3v) is 5.83. The number of rotatable bonds is 5. The fourth-order valence-corrected chi connectivity index (χ4v) is 4.40. The van der Waals surface area contributed by atoms with Crippen molar-refractivity contribution in [1.29, 1.82) is 0 Å². The first-order valence-electron chi connectivity index (χ1n) is 8.36. The highest BCUT2D eigenvalue weighted by atomic mass is 127. The van der Waals surface area contributed by atoms with Crippen molar-refractivity contribution in [2.75, 3.05) is 33.2 Å². The SMILES string of the molecule is CN=C(NCc1ccc(C(N)=O)o1)N1CCN(Cc2ccc(Br)s2)CC1.I. The molecule has 0 saturated carbocycles. The highest BCUT2D eigenvalue weighted by Gasteiger charge is 2.20. The van der Waals surface area contributed by atoms with Gasteiger partial charge in [-0.15, -0.1) is 35.3 Å². The molecule has 2 aromatic rings. The van der Waals surface area contributed by atoms with Crippen molar-refractivity contribution in [1.82, 2.24) is 15.1 Å². The van der Waals surface area contributed by atoms with Crippen molar-refractivity contribution >= 4 is 63.1 Å². The molecule has 0 unspecified atom stereocenters. The molecule has 0 spiro atoms. The monoisotopic (exact) mass is 567 g/mol. The second-order valence-electron chi connectivity index (χ2n) is 6.00. The standard InChI is InChI=1S/C17H22BrN5O2S.HI/c1-20-17(21-10-12-2-4-14(25-12)16(19)24)23-8-6-22(7-9-23)11-13-3-5-15(18)26-13;/h2-5H,6-11H2,1H3,(H2,19,24)(H,20,21);1H. The summed E-state index contributed by atoms with van der Waals surface area (Å²) in [5.41, 5.74) is 5.20. The summed E-state index contributed by atoms with van der Waals surface area (Å²) in [7, 11) is 1.77. The van der Waals surface area contributed by atoms with Gasteiger partial charge in [0.1, 0.15) is 5.76 Å². The van der Waals surface area contributed by atoms with E-state index in [1.807, 2.05) is 0 Å². The summed E-state index contributed by atoms with van der Waals surface area (Å²) < 4.78 is 6.57. The highest BCUT2D eigenvalue weighted by Crippen LogP contribution is 2.23. The second kappa shape index (κ2) is 10.4. The molecule has 7 nitrogen and oxygen atoms in total. The molecule has 1 aliphatic rings. The lowest BCUT2D eigenvalue weighted by Crippen LogP contribution is -2.51. The first-order valence-corrected chi connectivity index (χ1v) is 9.97. The van der Waals surface area contributed by atoms with Crippen LogP contribution in [0.2, 0.25) is 0 Å². The molecule has 0 aromatic carbocycles. The molecule has 0 radical (unpaired) electrons. The Balaban J connectivity index is 0.00000261. The zero-order chi connectivity index (χ0) is 18.5. The maximum absolute atomic E-state index is 11.1. The molecule has 1 saturated heterocycles. The van der Waals surface area contributed by atoms with Crippen LogP contribution >= 0.6 is 51.2 Å². The van der Waals surface area contributed by atoms with E-state index >= 15 is 0 Å². The van der Waals surface area contributed by atoms with Gasteiger partial charge in [0.25, 0.3) is 5.91 Å². The maximum atomic E-state index is 11.1. The molecule has 1 amide bonds. The number of nitrogens with zero attached hydrogens (tertiary/aromatic N) is 3. The Kier molecular flexibility index (Phi) is 8.58. The van der Waals surface area contributed by atoms with Crippen molar-refractivity contribution in [3.8, 4) is 0 Å². The van der Waals surface area contributed by atoms with Crippen LogP contribution in [-0.2, 0) is 13.1 Å². The number of primary amides is 1. The smallest absolute Gasteiger partial charge is 0.284 e. The predicted molar refractivity (Wildman–Crippen MR) is 122 cm³/mol. The molecule has 0 aliphatic carbocycles. The number of carbonyl (C=O) groups is 1. The summed E-state index contributed by atoms with van der Waals surface area (Å²) in [4.78, 5) is 21.5. The van der Waals surface area contributed by atoms with Gasteiger partial charge < -0.3 is 20.4 Å². The van der Waals surface area contributed by atoms with Gasteiger partial charge in [0.05, 0.1) is 10.3 Å². The topological polar surface area (TPSA) is 87.1 Å². The number of piperazine rings is 1. The van der Waals surface area contributed by atoms with E-state index in [1.54, 1.807) is 30.5 Å². The van der Waals surface area contributed by atoms with Crippen LogP contribution in [0.5, 0.6) is 0 Å². The second-order valence-corrected chi connectivity index (χ2v) is 8.55. The lowest BCUT2D eigenvalue weighted by Gasteiger charge is -2.36. The van der Waals surface area contributed by atoms with Crippen molar-refractivity contribution in [3.05, 3.63) is 44.4 Å². The average molecular weight is 568 g/mol. The molecule has 0 bridgehead atoms. The van der Waals surface area contributed by atoms with Gasteiger partial charge in [0.2, 0.25) is 0 Å². The number of halogens is 2. The van der Waals surface area contributed by atoms with Crippen LogP contribution in [-0.4, -0.2) is 54.9 Å². The van der Waals surface area contributed by atoms with Crippen molar-refractivity contribution < 1.29 is 9.21 Å². The van der Waals surface area contributed by atoms with Gasteiger partial charge in [0.15, 0.2) is 11.7 Å². The Bertz CT molecular complexity index is 786. The number of hydrogen-bond acceptors (Lipinski definition) is 5. The Hall–Kier alpha value is -1.11. The lowest BCUT2D eigenvalue weighted by atomic mass is 10.3.